The van der Waals surface area contributed by atoms with Gasteiger partial charge in [0, 0.05) is 5.56 Å². The summed E-state index contributed by atoms with van der Waals surface area (Å²) in [6.45, 7) is 0.643. The van der Waals surface area contributed by atoms with Gasteiger partial charge in [-0.25, -0.2) is 0 Å². The van der Waals surface area contributed by atoms with Crippen molar-refractivity contribution in [2.24, 2.45) is 0 Å². The van der Waals surface area contributed by atoms with Crippen LogP contribution in [0.15, 0.2) is 48.5 Å². The minimum absolute atomic E-state index is 0.182. The van der Waals surface area contributed by atoms with Crippen LogP contribution in [0.5, 0.6) is 0 Å². The second-order valence-electron chi connectivity index (χ2n) is 6.89. The second kappa shape index (κ2) is 6.99. The SMILES string of the molecule is OC1(Cn2nnc(-c3ccccc3Cc3ccc(C(F)(F)F)cc3)n2)COC1. The number of aromatic nitrogens is 4. The highest BCUT2D eigenvalue weighted by molar-refractivity contribution is 5.60. The molecule has 0 atom stereocenters. The highest BCUT2D eigenvalue weighted by Gasteiger charge is 2.37. The lowest BCUT2D eigenvalue weighted by atomic mass is 9.98. The Morgan fingerprint density at radius 2 is 1.79 bits per heavy atom. The quantitative estimate of drug-likeness (QED) is 0.725. The van der Waals surface area contributed by atoms with Crippen LogP contribution in [0.1, 0.15) is 16.7 Å². The van der Waals surface area contributed by atoms with Gasteiger partial charge in [-0.15, -0.1) is 10.2 Å². The van der Waals surface area contributed by atoms with Crippen LogP contribution in [-0.2, 0) is 23.9 Å². The third kappa shape index (κ3) is 3.90. The highest BCUT2D eigenvalue weighted by atomic mass is 19.4. The lowest BCUT2D eigenvalue weighted by Gasteiger charge is -2.35. The molecule has 0 aliphatic carbocycles. The predicted molar refractivity (Wildman–Crippen MR) is 93.3 cm³/mol. The van der Waals surface area contributed by atoms with Crippen molar-refractivity contribution >= 4 is 0 Å². The van der Waals surface area contributed by atoms with Gasteiger partial charge >= 0.3 is 6.18 Å². The summed E-state index contributed by atoms with van der Waals surface area (Å²) in [5.41, 5.74) is 0.705. The Hall–Kier alpha value is -2.78. The summed E-state index contributed by atoms with van der Waals surface area (Å²) in [4.78, 5) is 1.33. The zero-order chi connectivity index (χ0) is 19.8. The van der Waals surface area contributed by atoms with Crippen molar-refractivity contribution in [3.05, 3.63) is 65.2 Å². The van der Waals surface area contributed by atoms with E-state index in [2.05, 4.69) is 15.4 Å². The number of halogens is 3. The van der Waals surface area contributed by atoms with E-state index in [0.29, 0.717) is 12.2 Å². The topological polar surface area (TPSA) is 73.1 Å². The van der Waals surface area contributed by atoms with Crippen LogP contribution >= 0.6 is 0 Å². The number of benzene rings is 2. The fourth-order valence-corrected chi connectivity index (χ4v) is 3.03. The lowest BCUT2D eigenvalue weighted by molar-refractivity contribution is -0.187. The number of rotatable bonds is 5. The molecule has 3 aromatic rings. The summed E-state index contributed by atoms with van der Waals surface area (Å²) >= 11 is 0. The molecule has 0 amide bonds. The van der Waals surface area contributed by atoms with E-state index < -0.39 is 17.3 Å². The molecular formula is C19H17F3N4O2. The van der Waals surface area contributed by atoms with Crippen molar-refractivity contribution in [2.75, 3.05) is 13.2 Å². The van der Waals surface area contributed by atoms with Gasteiger partial charge in [0.1, 0.15) is 5.60 Å². The maximum absolute atomic E-state index is 12.7. The van der Waals surface area contributed by atoms with Crippen molar-refractivity contribution < 1.29 is 23.0 Å². The van der Waals surface area contributed by atoms with Crippen LogP contribution < -0.4 is 0 Å². The number of nitrogens with zero attached hydrogens (tertiary/aromatic N) is 4. The average Bonchev–Trinajstić information content (AvgIpc) is 3.09. The maximum atomic E-state index is 12.7. The molecule has 1 aromatic heterocycles. The third-order valence-corrected chi connectivity index (χ3v) is 4.56. The standard InChI is InChI=1S/C19H17F3N4O2/c20-19(21,22)15-7-5-13(6-8-15)9-14-3-1-2-4-16(14)17-23-25-26(24-17)10-18(27)11-28-12-18/h1-8,27H,9-12H2. The number of ether oxygens (including phenoxy) is 1. The third-order valence-electron chi connectivity index (χ3n) is 4.56. The van der Waals surface area contributed by atoms with E-state index in [1.54, 1.807) is 0 Å². The summed E-state index contributed by atoms with van der Waals surface area (Å²) in [7, 11) is 0. The van der Waals surface area contributed by atoms with Crippen LogP contribution in [0, 0.1) is 0 Å². The van der Waals surface area contributed by atoms with Crippen LogP contribution in [0.25, 0.3) is 11.4 Å². The smallest absolute Gasteiger partial charge is 0.383 e. The van der Waals surface area contributed by atoms with E-state index in [0.717, 1.165) is 28.8 Å². The Bertz CT molecular complexity index is 966. The molecule has 6 nitrogen and oxygen atoms in total. The number of aliphatic hydroxyl groups is 1. The van der Waals surface area contributed by atoms with Crippen LogP contribution in [0.4, 0.5) is 13.2 Å². The monoisotopic (exact) mass is 390 g/mol. The Balaban J connectivity index is 1.55. The Morgan fingerprint density at radius 3 is 2.43 bits per heavy atom. The number of hydrogen-bond acceptors (Lipinski definition) is 5. The molecule has 9 heteroatoms. The van der Waals surface area contributed by atoms with E-state index >= 15 is 0 Å². The molecule has 1 aliphatic rings. The second-order valence-corrected chi connectivity index (χ2v) is 6.89. The first-order valence-corrected chi connectivity index (χ1v) is 8.65. The van der Waals surface area contributed by atoms with Crippen molar-refractivity contribution in [1.29, 1.82) is 0 Å². The predicted octanol–water partition coefficient (Wildman–Crippen LogP) is 2.71. The first-order chi connectivity index (χ1) is 13.3. The summed E-state index contributed by atoms with van der Waals surface area (Å²) < 4.78 is 43.2. The summed E-state index contributed by atoms with van der Waals surface area (Å²) in [6.07, 6.45) is -3.92. The zero-order valence-corrected chi connectivity index (χ0v) is 14.7. The summed E-state index contributed by atoms with van der Waals surface area (Å²) in [5, 5.41) is 22.5. The van der Waals surface area contributed by atoms with Crippen LogP contribution in [0.2, 0.25) is 0 Å². The van der Waals surface area contributed by atoms with Gasteiger partial charge in [-0.05, 0) is 34.9 Å². The molecule has 1 fully saturated rings. The first kappa shape index (κ1) is 18.6. The molecule has 0 spiro atoms. The molecule has 0 saturated carbocycles. The molecule has 1 aliphatic heterocycles. The normalized spacial score (nSPS) is 16.0. The van der Waals surface area contributed by atoms with E-state index in [-0.39, 0.29) is 19.8 Å². The molecular weight excluding hydrogens is 373 g/mol. The van der Waals surface area contributed by atoms with Crippen LogP contribution in [-0.4, -0.2) is 44.1 Å². The van der Waals surface area contributed by atoms with E-state index in [4.69, 9.17) is 4.74 Å². The van der Waals surface area contributed by atoms with Gasteiger partial charge in [0.2, 0.25) is 5.82 Å². The fourth-order valence-electron chi connectivity index (χ4n) is 3.03. The molecule has 4 rings (SSSR count). The van der Waals surface area contributed by atoms with Gasteiger partial charge in [0.25, 0.3) is 0 Å². The fraction of sp³-hybridized carbons (Fsp3) is 0.316. The molecule has 0 bridgehead atoms. The molecule has 2 heterocycles. The minimum Gasteiger partial charge on any atom is -0.383 e. The molecule has 0 unspecified atom stereocenters. The van der Waals surface area contributed by atoms with Crippen molar-refractivity contribution in [2.45, 2.75) is 24.7 Å². The molecule has 2 aromatic carbocycles. The molecule has 28 heavy (non-hydrogen) atoms. The molecule has 146 valence electrons. The van der Waals surface area contributed by atoms with E-state index in [1.165, 1.54) is 16.9 Å². The van der Waals surface area contributed by atoms with Gasteiger partial charge in [0.15, 0.2) is 0 Å². The lowest BCUT2D eigenvalue weighted by Crippen LogP contribution is -2.52. The Labute approximate surface area is 158 Å². The average molecular weight is 390 g/mol. The molecule has 1 saturated heterocycles. The first-order valence-electron chi connectivity index (χ1n) is 8.65. The maximum Gasteiger partial charge on any atom is 0.416 e. The molecule has 1 N–H and O–H groups in total. The highest BCUT2D eigenvalue weighted by Crippen LogP contribution is 2.30. The van der Waals surface area contributed by atoms with Crippen molar-refractivity contribution in [3.8, 4) is 11.4 Å². The number of hydrogen-bond donors (Lipinski definition) is 1. The van der Waals surface area contributed by atoms with Gasteiger partial charge in [0.05, 0.1) is 25.3 Å². The van der Waals surface area contributed by atoms with E-state index in [9.17, 15) is 18.3 Å². The van der Waals surface area contributed by atoms with Gasteiger partial charge in [-0.3, -0.25) is 0 Å². The number of tetrazole rings is 1. The van der Waals surface area contributed by atoms with Crippen LogP contribution in [0.3, 0.4) is 0 Å². The zero-order valence-electron chi connectivity index (χ0n) is 14.7. The van der Waals surface area contributed by atoms with Gasteiger partial charge < -0.3 is 9.84 Å². The van der Waals surface area contributed by atoms with Gasteiger partial charge in [-0.2, -0.15) is 18.0 Å². The van der Waals surface area contributed by atoms with E-state index in [1.807, 2.05) is 24.3 Å². The summed E-state index contributed by atoms with van der Waals surface area (Å²) in [6, 6.07) is 12.5. The van der Waals surface area contributed by atoms with Crippen molar-refractivity contribution in [3.63, 3.8) is 0 Å². The minimum atomic E-state index is -4.35. The van der Waals surface area contributed by atoms with Crippen molar-refractivity contribution in [1.82, 2.24) is 20.2 Å². The number of alkyl halides is 3. The molecule has 0 radical (unpaired) electrons. The largest absolute Gasteiger partial charge is 0.416 e. The Kier molecular flexibility index (Phi) is 4.64. The summed E-state index contributed by atoms with van der Waals surface area (Å²) in [5.74, 6) is 0.395. The van der Waals surface area contributed by atoms with Gasteiger partial charge in [-0.1, -0.05) is 36.4 Å². The Morgan fingerprint density at radius 1 is 1.07 bits per heavy atom.